The third-order valence-electron chi connectivity index (χ3n) is 12.3. The van der Waals surface area contributed by atoms with Crippen molar-refractivity contribution < 1.29 is 28.6 Å². The van der Waals surface area contributed by atoms with Crippen molar-refractivity contribution >= 4 is 17.9 Å². The summed E-state index contributed by atoms with van der Waals surface area (Å²) in [5.74, 6) is -1.03. The Morgan fingerprint density at radius 2 is 0.577 bits per heavy atom. The number of hydrogen-bond donors (Lipinski definition) is 0. The fourth-order valence-electron chi connectivity index (χ4n) is 7.95. The van der Waals surface area contributed by atoms with Gasteiger partial charge in [0.25, 0.3) is 0 Å². The van der Waals surface area contributed by atoms with Crippen LogP contribution in [0.3, 0.4) is 0 Å². The maximum Gasteiger partial charge on any atom is 0.306 e. The van der Waals surface area contributed by atoms with Crippen LogP contribution >= 0.6 is 0 Å². The van der Waals surface area contributed by atoms with Crippen LogP contribution in [-0.2, 0) is 28.6 Å². The fourth-order valence-corrected chi connectivity index (χ4v) is 7.95. The van der Waals surface area contributed by atoms with Crippen molar-refractivity contribution in [3.05, 3.63) is 109 Å². The van der Waals surface area contributed by atoms with E-state index in [0.717, 1.165) is 103 Å². The highest BCUT2D eigenvalue weighted by Crippen LogP contribution is 2.16. The summed E-state index contributed by atoms with van der Waals surface area (Å²) in [4.78, 5) is 38.1. The first-order chi connectivity index (χ1) is 35.0. The molecule has 0 spiro atoms. The summed E-state index contributed by atoms with van der Waals surface area (Å²) in [5.41, 5.74) is 0. The highest BCUT2D eigenvalue weighted by molar-refractivity contribution is 5.71. The van der Waals surface area contributed by atoms with Gasteiger partial charge in [0.2, 0.25) is 0 Å². The van der Waals surface area contributed by atoms with Crippen LogP contribution in [0.4, 0.5) is 0 Å². The summed E-state index contributed by atoms with van der Waals surface area (Å²) in [6, 6.07) is 0. The van der Waals surface area contributed by atoms with Gasteiger partial charge in [-0.3, -0.25) is 14.4 Å². The lowest BCUT2D eigenvalue weighted by atomic mass is 10.0. The maximum absolute atomic E-state index is 12.8. The Kier molecular flexibility index (Phi) is 55.4. The lowest BCUT2D eigenvalue weighted by molar-refractivity contribution is -0.166. The molecule has 0 saturated carbocycles. The van der Waals surface area contributed by atoms with E-state index in [1.165, 1.54) is 116 Å². The van der Waals surface area contributed by atoms with E-state index >= 15 is 0 Å². The molecule has 0 bridgehead atoms. The Labute approximate surface area is 438 Å². The third kappa shape index (κ3) is 56.9. The van der Waals surface area contributed by atoms with Gasteiger partial charge in [-0.2, -0.15) is 0 Å². The van der Waals surface area contributed by atoms with Gasteiger partial charge < -0.3 is 14.2 Å². The minimum Gasteiger partial charge on any atom is -0.462 e. The Morgan fingerprint density at radius 3 is 0.915 bits per heavy atom. The number of ether oxygens (including phenoxy) is 3. The molecule has 0 aromatic rings. The van der Waals surface area contributed by atoms with Crippen LogP contribution in [0, 0.1) is 0 Å². The molecule has 0 aliphatic heterocycles. The zero-order valence-electron chi connectivity index (χ0n) is 46.2. The molecule has 0 aliphatic carbocycles. The zero-order valence-corrected chi connectivity index (χ0v) is 46.2. The van der Waals surface area contributed by atoms with Gasteiger partial charge in [-0.15, -0.1) is 0 Å². The molecular formula is C65H108O6. The number of hydrogen-bond acceptors (Lipinski definition) is 6. The third-order valence-corrected chi connectivity index (χ3v) is 12.3. The summed E-state index contributed by atoms with van der Waals surface area (Å²) >= 11 is 0. The Bertz CT molecular complexity index is 1460. The summed E-state index contributed by atoms with van der Waals surface area (Å²) in [7, 11) is 0. The molecule has 0 heterocycles. The fraction of sp³-hybridized carbons (Fsp3) is 0.677. The number of esters is 3. The normalized spacial score (nSPS) is 12.9. The first-order valence-electron chi connectivity index (χ1n) is 29.4. The van der Waals surface area contributed by atoms with Gasteiger partial charge in [0.1, 0.15) is 13.2 Å². The van der Waals surface area contributed by atoms with Crippen LogP contribution in [0.15, 0.2) is 109 Å². The lowest BCUT2D eigenvalue weighted by Gasteiger charge is -2.18. The van der Waals surface area contributed by atoms with Gasteiger partial charge in [0.15, 0.2) is 6.10 Å². The van der Waals surface area contributed by atoms with E-state index in [9.17, 15) is 14.4 Å². The first-order valence-corrected chi connectivity index (χ1v) is 29.4. The smallest absolute Gasteiger partial charge is 0.306 e. The molecule has 1 atom stereocenters. The second-order valence-electron chi connectivity index (χ2n) is 19.1. The van der Waals surface area contributed by atoms with Crippen LogP contribution in [0.1, 0.15) is 265 Å². The molecule has 0 rings (SSSR count). The van der Waals surface area contributed by atoms with E-state index in [0.29, 0.717) is 19.3 Å². The predicted molar refractivity (Wildman–Crippen MR) is 307 cm³/mol. The molecule has 6 heteroatoms. The van der Waals surface area contributed by atoms with Gasteiger partial charge >= 0.3 is 17.9 Å². The molecule has 404 valence electrons. The quantitative estimate of drug-likeness (QED) is 0.0261. The molecule has 0 fully saturated rings. The van der Waals surface area contributed by atoms with E-state index in [-0.39, 0.29) is 31.6 Å². The number of allylic oxidation sites excluding steroid dienone is 18. The van der Waals surface area contributed by atoms with E-state index < -0.39 is 12.1 Å². The number of carbonyl (C=O) groups is 3. The standard InChI is InChI=1S/C65H108O6/c1-4-7-10-13-16-19-22-25-27-29-31-32-34-35-37-40-43-46-49-52-55-58-64(67)70-61-62(60-69-63(66)57-54-51-48-45-42-39-24-21-18-15-12-9-6-3)71-65(68)59-56-53-50-47-44-41-38-36-33-30-28-26-23-20-17-14-11-8-5-2/h8-9,11-12,17-18,20-21,26,28,33,36,39,41-42,44,50,53,62H,4-7,10,13-16,19,22-25,27,29-32,34-35,37-38,40,43,45-49,51-52,54-61H2,1-3H3/b11-8-,12-9-,20-17-,21-18-,28-26-,36-33-,42-39-,44-41-,53-50-. The van der Waals surface area contributed by atoms with Gasteiger partial charge in [-0.25, -0.2) is 0 Å². The topological polar surface area (TPSA) is 78.9 Å². The SMILES string of the molecule is CC/C=C\C/C=C\C/C=C\C/C=C\C/C=C\C/C=C\CCC(=O)OC(COC(=O)CCCCC/C=C\C/C=C\C/C=C\CC)COC(=O)CCCCCCCCCCCCCCCCCCCCCCC. The summed E-state index contributed by atoms with van der Waals surface area (Å²) in [6.07, 6.45) is 79.6. The molecule has 6 nitrogen and oxygen atoms in total. The first kappa shape index (κ1) is 67.1. The van der Waals surface area contributed by atoms with Crippen molar-refractivity contribution in [2.75, 3.05) is 13.2 Å². The van der Waals surface area contributed by atoms with E-state index in [1.807, 2.05) is 12.2 Å². The highest BCUT2D eigenvalue weighted by atomic mass is 16.6. The van der Waals surface area contributed by atoms with Gasteiger partial charge in [0, 0.05) is 19.3 Å². The molecule has 0 aromatic heterocycles. The molecule has 1 unspecified atom stereocenters. The molecule has 0 N–H and O–H groups in total. The molecule has 0 saturated heterocycles. The molecule has 0 aromatic carbocycles. The molecule has 71 heavy (non-hydrogen) atoms. The summed E-state index contributed by atoms with van der Waals surface area (Å²) < 4.78 is 16.8. The monoisotopic (exact) mass is 985 g/mol. The minimum absolute atomic E-state index is 0.117. The van der Waals surface area contributed by atoms with E-state index in [2.05, 4.69) is 118 Å². The van der Waals surface area contributed by atoms with Gasteiger partial charge in [-0.1, -0.05) is 265 Å². The Balaban J connectivity index is 4.46. The predicted octanol–water partition coefficient (Wildman–Crippen LogP) is 19.9. The van der Waals surface area contributed by atoms with Crippen LogP contribution in [0.2, 0.25) is 0 Å². The summed E-state index contributed by atoms with van der Waals surface area (Å²) in [6.45, 7) is 6.34. The average molecular weight is 986 g/mol. The van der Waals surface area contributed by atoms with Crippen molar-refractivity contribution in [1.82, 2.24) is 0 Å². The lowest BCUT2D eigenvalue weighted by Crippen LogP contribution is -2.30. The van der Waals surface area contributed by atoms with Crippen molar-refractivity contribution in [2.45, 2.75) is 271 Å². The van der Waals surface area contributed by atoms with Gasteiger partial charge in [-0.05, 0) is 89.9 Å². The molecular weight excluding hydrogens is 877 g/mol. The van der Waals surface area contributed by atoms with Crippen molar-refractivity contribution in [1.29, 1.82) is 0 Å². The van der Waals surface area contributed by atoms with Crippen LogP contribution in [0.5, 0.6) is 0 Å². The largest absolute Gasteiger partial charge is 0.462 e. The number of carbonyl (C=O) groups excluding carboxylic acids is 3. The van der Waals surface area contributed by atoms with Crippen molar-refractivity contribution in [2.24, 2.45) is 0 Å². The number of unbranched alkanes of at least 4 members (excludes halogenated alkanes) is 23. The minimum atomic E-state index is -0.831. The van der Waals surface area contributed by atoms with E-state index in [4.69, 9.17) is 14.2 Å². The average Bonchev–Trinajstić information content (AvgIpc) is 3.37. The highest BCUT2D eigenvalue weighted by Gasteiger charge is 2.19. The second kappa shape index (κ2) is 58.6. The Morgan fingerprint density at radius 1 is 0.296 bits per heavy atom. The molecule has 0 aliphatic rings. The summed E-state index contributed by atoms with van der Waals surface area (Å²) in [5, 5.41) is 0. The maximum atomic E-state index is 12.8. The van der Waals surface area contributed by atoms with Crippen LogP contribution < -0.4 is 0 Å². The van der Waals surface area contributed by atoms with Crippen molar-refractivity contribution in [3.8, 4) is 0 Å². The zero-order chi connectivity index (χ0) is 51.4. The van der Waals surface area contributed by atoms with E-state index in [1.54, 1.807) is 0 Å². The number of rotatable bonds is 52. The van der Waals surface area contributed by atoms with Crippen LogP contribution in [0.25, 0.3) is 0 Å². The second-order valence-corrected chi connectivity index (χ2v) is 19.1. The van der Waals surface area contributed by atoms with Gasteiger partial charge in [0.05, 0.1) is 0 Å². The molecule has 0 radical (unpaired) electrons. The molecule has 0 amide bonds. The Hall–Kier alpha value is -3.93. The van der Waals surface area contributed by atoms with Crippen molar-refractivity contribution in [3.63, 3.8) is 0 Å². The van der Waals surface area contributed by atoms with Crippen LogP contribution in [-0.4, -0.2) is 37.2 Å².